The molecule has 0 N–H and O–H groups in total. The first-order valence-electron chi connectivity index (χ1n) is 6.76. The highest BCUT2D eigenvalue weighted by molar-refractivity contribution is 9.10. The number of alkyl halides is 3. The maximum atomic E-state index is 12.5. The molecule has 0 radical (unpaired) electrons. The molecular formula is C10H7BrF3N3O4S. The van der Waals surface area contributed by atoms with E-state index in [9.17, 15) is 26.4 Å². The van der Waals surface area contributed by atoms with Crippen molar-refractivity contribution in [3.8, 4) is 5.88 Å². The molecular weight excluding hydrogens is 395 g/mol. The highest BCUT2D eigenvalue weighted by Gasteiger charge is 2.49. The average Bonchev–Trinajstić information content (AvgIpc) is 2.37. The lowest BCUT2D eigenvalue weighted by molar-refractivity contribution is -0.0500. The lowest BCUT2D eigenvalue weighted by Gasteiger charge is -2.12. The predicted molar refractivity (Wildman–Crippen MR) is 72.8 cm³/mol. The smallest absolute Gasteiger partial charge is 0.354 e. The maximum absolute atomic E-state index is 12.5. The van der Waals surface area contributed by atoms with Gasteiger partial charge in [-0.05, 0) is 28.9 Å². The van der Waals surface area contributed by atoms with Crippen molar-refractivity contribution < 1.29 is 29.9 Å². The summed E-state index contributed by atoms with van der Waals surface area (Å²) in [6.07, 6.45) is 0. The molecule has 0 unspecified atom stereocenters. The molecule has 2 heterocycles. The molecule has 0 aromatic carbocycles. The van der Waals surface area contributed by atoms with Gasteiger partial charge in [-0.25, -0.2) is 4.98 Å². The van der Waals surface area contributed by atoms with Gasteiger partial charge in [-0.2, -0.15) is 26.6 Å². The lowest BCUT2D eigenvalue weighted by atomic mass is 10.3. The number of hydrogen-bond acceptors (Lipinski definition) is 6. The van der Waals surface area contributed by atoms with Crippen molar-refractivity contribution in [1.82, 2.24) is 14.5 Å². The van der Waals surface area contributed by atoms with Gasteiger partial charge in [0.2, 0.25) is 5.88 Å². The minimum atomic E-state index is -6.06. The minimum Gasteiger partial charge on any atom is -0.354 e. The van der Waals surface area contributed by atoms with E-state index in [1.54, 1.807) is 0 Å². The standard InChI is InChI=1S/C10H7BrF3N3O4S/c1-4-15-7-5(3-6(11)9(18)17(7)2)8(16-4)21-22(19,20)10(12,13)14/h3H,1-2H3/i2D3. The predicted octanol–water partition coefficient (Wildman–Crippen LogP) is 1.63. The zero-order valence-electron chi connectivity index (χ0n) is 13.5. The van der Waals surface area contributed by atoms with Crippen LogP contribution in [0.5, 0.6) is 5.88 Å². The highest BCUT2D eigenvalue weighted by Crippen LogP contribution is 2.30. The van der Waals surface area contributed by atoms with Gasteiger partial charge >= 0.3 is 15.6 Å². The van der Waals surface area contributed by atoms with Gasteiger partial charge in [-0.3, -0.25) is 9.36 Å². The van der Waals surface area contributed by atoms with Crippen molar-refractivity contribution in [3.05, 3.63) is 26.7 Å². The number of halogens is 4. The molecule has 0 fully saturated rings. The molecule has 0 aliphatic heterocycles. The van der Waals surface area contributed by atoms with Crippen LogP contribution in [-0.2, 0) is 17.1 Å². The molecule has 12 heteroatoms. The van der Waals surface area contributed by atoms with Crippen LogP contribution in [0, 0.1) is 6.92 Å². The SMILES string of the molecule is [2H]C([2H])([2H])n1c(=O)c(Br)cc2c(OS(=O)(=O)C(F)(F)F)nc(C)nc21. The molecule has 120 valence electrons. The molecule has 2 aromatic heterocycles. The van der Waals surface area contributed by atoms with E-state index in [-0.39, 0.29) is 14.9 Å². The first-order valence-corrected chi connectivity index (χ1v) is 7.46. The molecule has 0 amide bonds. The summed E-state index contributed by atoms with van der Waals surface area (Å²) >= 11 is 2.77. The van der Waals surface area contributed by atoms with Crippen molar-refractivity contribution in [2.45, 2.75) is 12.4 Å². The minimum absolute atomic E-state index is 0.216. The van der Waals surface area contributed by atoms with E-state index in [4.69, 9.17) is 4.11 Å². The van der Waals surface area contributed by atoms with Crippen LogP contribution >= 0.6 is 15.9 Å². The van der Waals surface area contributed by atoms with E-state index in [1.165, 1.54) is 0 Å². The second kappa shape index (κ2) is 5.19. The van der Waals surface area contributed by atoms with Crippen LogP contribution in [0.15, 0.2) is 15.3 Å². The van der Waals surface area contributed by atoms with Crippen LogP contribution in [0.4, 0.5) is 13.2 Å². The Morgan fingerprint density at radius 2 is 2.05 bits per heavy atom. The van der Waals surface area contributed by atoms with Crippen molar-refractivity contribution in [2.24, 2.45) is 6.98 Å². The second-order valence-corrected chi connectivity index (χ2v) is 6.32. The molecule has 0 saturated heterocycles. The van der Waals surface area contributed by atoms with Crippen LogP contribution in [0.2, 0.25) is 0 Å². The molecule has 7 nitrogen and oxygen atoms in total. The summed E-state index contributed by atoms with van der Waals surface area (Å²) in [6.45, 7) is -1.89. The number of aryl methyl sites for hydroxylation is 2. The third-order valence-corrected chi connectivity index (χ3v) is 3.88. The fourth-order valence-corrected chi connectivity index (χ4v) is 2.28. The third-order valence-electron chi connectivity index (χ3n) is 2.36. The van der Waals surface area contributed by atoms with Crippen LogP contribution < -0.4 is 9.74 Å². The summed E-state index contributed by atoms with van der Waals surface area (Å²) < 4.78 is 86.0. The number of nitrogens with zero attached hydrogens (tertiary/aromatic N) is 3. The Hall–Kier alpha value is -1.69. The van der Waals surface area contributed by atoms with Gasteiger partial charge in [0.25, 0.3) is 5.56 Å². The summed E-state index contributed by atoms with van der Waals surface area (Å²) in [7, 11) is -6.06. The molecule has 2 aromatic rings. The molecule has 0 bridgehead atoms. The molecule has 0 aliphatic carbocycles. The van der Waals surface area contributed by atoms with E-state index in [2.05, 4.69) is 30.1 Å². The van der Waals surface area contributed by atoms with Gasteiger partial charge in [-0.1, -0.05) is 0 Å². The van der Waals surface area contributed by atoms with E-state index < -0.39 is 45.1 Å². The first kappa shape index (κ1) is 12.8. The largest absolute Gasteiger partial charge is 0.534 e. The molecule has 0 saturated carbocycles. The van der Waals surface area contributed by atoms with Crippen molar-refractivity contribution in [1.29, 1.82) is 0 Å². The van der Waals surface area contributed by atoms with E-state index in [0.717, 1.165) is 13.0 Å². The Bertz CT molecular complexity index is 1020. The van der Waals surface area contributed by atoms with Crippen molar-refractivity contribution in [3.63, 3.8) is 0 Å². The van der Waals surface area contributed by atoms with Crippen molar-refractivity contribution >= 4 is 37.1 Å². The fourth-order valence-electron chi connectivity index (χ4n) is 1.44. The third kappa shape index (κ3) is 2.79. The average molecular weight is 405 g/mol. The monoisotopic (exact) mass is 404 g/mol. The van der Waals surface area contributed by atoms with Gasteiger partial charge < -0.3 is 4.18 Å². The second-order valence-electron chi connectivity index (χ2n) is 3.93. The van der Waals surface area contributed by atoms with Gasteiger partial charge in [0, 0.05) is 11.1 Å². The quantitative estimate of drug-likeness (QED) is 0.557. The number of pyridine rings is 1. The zero-order valence-corrected chi connectivity index (χ0v) is 12.9. The summed E-state index contributed by atoms with van der Waals surface area (Å²) in [6, 6.07) is 0.876. The highest BCUT2D eigenvalue weighted by atomic mass is 79.9. The number of aromatic nitrogens is 3. The maximum Gasteiger partial charge on any atom is 0.534 e. The van der Waals surface area contributed by atoms with Gasteiger partial charge in [0.1, 0.15) is 11.5 Å². The number of rotatable bonds is 2. The van der Waals surface area contributed by atoms with Crippen LogP contribution in [0.3, 0.4) is 0 Å². The Kier molecular flexibility index (Phi) is 3.02. The first-order chi connectivity index (χ1) is 11.1. The normalized spacial score (nSPS) is 15.2. The molecule has 2 rings (SSSR count). The molecule has 0 spiro atoms. The Morgan fingerprint density at radius 3 is 2.59 bits per heavy atom. The van der Waals surface area contributed by atoms with Crippen LogP contribution in [0.25, 0.3) is 11.0 Å². The summed E-state index contributed by atoms with van der Waals surface area (Å²) in [5.41, 5.74) is -7.38. The molecule has 0 atom stereocenters. The molecule has 22 heavy (non-hydrogen) atoms. The van der Waals surface area contributed by atoms with Gasteiger partial charge in [0.05, 0.1) is 9.86 Å². The molecule has 0 aliphatic rings. The summed E-state index contributed by atoms with van der Waals surface area (Å²) in [5, 5.41) is -0.513. The Morgan fingerprint density at radius 1 is 1.41 bits per heavy atom. The van der Waals surface area contributed by atoms with Gasteiger partial charge in [0.15, 0.2) is 0 Å². The van der Waals surface area contributed by atoms with E-state index in [1.807, 2.05) is 0 Å². The number of hydrogen-bond donors (Lipinski definition) is 0. The fraction of sp³-hybridized carbons (Fsp3) is 0.300. The Labute approximate surface area is 134 Å². The topological polar surface area (TPSA) is 91.2 Å². The number of fused-ring (bicyclic) bond motifs is 1. The lowest BCUT2D eigenvalue weighted by Crippen LogP contribution is -2.29. The zero-order chi connectivity index (χ0) is 19.4. The van der Waals surface area contributed by atoms with E-state index in [0.29, 0.717) is 0 Å². The summed E-state index contributed by atoms with van der Waals surface area (Å²) in [5.74, 6) is -1.36. The van der Waals surface area contributed by atoms with Gasteiger partial charge in [-0.15, -0.1) is 0 Å². The summed E-state index contributed by atoms with van der Waals surface area (Å²) in [4.78, 5) is 19.2. The Balaban J connectivity index is 2.90. The van der Waals surface area contributed by atoms with Crippen molar-refractivity contribution in [2.75, 3.05) is 0 Å². The van der Waals surface area contributed by atoms with Crippen LogP contribution in [0.1, 0.15) is 9.94 Å². The van der Waals surface area contributed by atoms with E-state index >= 15 is 0 Å². The van der Waals surface area contributed by atoms with Crippen LogP contribution in [-0.4, -0.2) is 28.5 Å².